The van der Waals surface area contributed by atoms with Crippen molar-refractivity contribution >= 4 is 5.97 Å². The zero-order chi connectivity index (χ0) is 12.0. The molecule has 90 valence electrons. The van der Waals surface area contributed by atoms with Crippen LogP contribution in [0.1, 0.15) is 30.9 Å². The van der Waals surface area contributed by atoms with Gasteiger partial charge in [-0.25, -0.2) is 0 Å². The quantitative estimate of drug-likeness (QED) is 0.779. The summed E-state index contributed by atoms with van der Waals surface area (Å²) < 4.78 is 5.07. The summed E-state index contributed by atoms with van der Waals surface area (Å²) in [5.74, 6) is -0.147. The number of ether oxygens (including phenoxy) is 1. The molecule has 0 aliphatic heterocycles. The lowest BCUT2D eigenvalue weighted by molar-refractivity contribution is -0.145. The number of aryl methyl sites for hydroxylation is 1. The highest BCUT2D eigenvalue weighted by Crippen LogP contribution is 2.61. The minimum Gasteiger partial charge on any atom is -0.466 e. The number of hydrogen-bond acceptors (Lipinski definition) is 3. The minimum atomic E-state index is -0.111. The van der Waals surface area contributed by atoms with E-state index in [1.54, 1.807) is 12.3 Å². The predicted molar refractivity (Wildman–Crippen MR) is 61.8 cm³/mol. The first-order chi connectivity index (χ1) is 8.17. The van der Waals surface area contributed by atoms with Crippen molar-refractivity contribution in [2.45, 2.75) is 31.6 Å². The predicted octanol–water partition coefficient (Wildman–Crippen LogP) is 1.14. The first-order valence-corrected chi connectivity index (χ1v) is 6.06. The second-order valence-electron chi connectivity index (χ2n) is 4.90. The van der Waals surface area contributed by atoms with Gasteiger partial charge in [-0.3, -0.25) is 9.59 Å². The number of nitrogens with one attached hydrogen (secondary N) is 1. The summed E-state index contributed by atoms with van der Waals surface area (Å²) in [6, 6.07) is 1.65. The summed E-state index contributed by atoms with van der Waals surface area (Å²) in [5.41, 5.74) is 2.07. The van der Waals surface area contributed by atoms with Crippen molar-refractivity contribution in [2.24, 2.45) is 5.92 Å². The molecule has 1 saturated carbocycles. The van der Waals surface area contributed by atoms with Gasteiger partial charge in [-0.15, -0.1) is 0 Å². The Morgan fingerprint density at radius 1 is 1.65 bits per heavy atom. The van der Waals surface area contributed by atoms with Crippen molar-refractivity contribution in [2.75, 3.05) is 6.61 Å². The first kappa shape index (κ1) is 10.6. The Morgan fingerprint density at radius 3 is 3.24 bits per heavy atom. The van der Waals surface area contributed by atoms with Crippen molar-refractivity contribution < 1.29 is 9.53 Å². The van der Waals surface area contributed by atoms with Crippen molar-refractivity contribution in [3.8, 4) is 0 Å². The monoisotopic (exact) mass is 233 g/mol. The van der Waals surface area contributed by atoms with Gasteiger partial charge in [-0.2, -0.15) is 0 Å². The Bertz CT molecular complexity index is 534. The zero-order valence-electron chi connectivity index (χ0n) is 9.79. The van der Waals surface area contributed by atoms with Crippen LogP contribution >= 0.6 is 0 Å². The lowest BCUT2D eigenvalue weighted by Gasteiger charge is -2.10. The maximum absolute atomic E-state index is 11.8. The molecule has 1 N–H and O–H groups in total. The molecule has 2 atom stereocenters. The normalized spacial score (nSPS) is 29.1. The average Bonchev–Trinajstić information content (AvgIpc) is 2.93. The van der Waals surface area contributed by atoms with E-state index in [1.807, 2.05) is 6.92 Å². The van der Waals surface area contributed by atoms with Crippen LogP contribution in [0.2, 0.25) is 0 Å². The van der Waals surface area contributed by atoms with Crippen LogP contribution in [0.15, 0.2) is 17.1 Å². The molecule has 2 aliphatic carbocycles. The Labute approximate surface area is 99.0 Å². The van der Waals surface area contributed by atoms with Gasteiger partial charge in [0, 0.05) is 17.7 Å². The van der Waals surface area contributed by atoms with Crippen LogP contribution in [-0.2, 0) is 21.4 Å². The van der Waals surface area contributed by atoms with Gasteiger partial charge in [-0.05, 0) is 37.3 Å². The van der Waals surface area contributed by atoms with Gasteiger partial charge in [0.1, 0.15) is 0 Å². The van der Waals surface area contributed by atoms with E-state index in [0.29, 0.717) is 6.61 Å². The molecule has 1 heterocycles. The summed E-state index contributed by atoms with van der Waals surface area (Å²) in [6.45, 7) is 2.24. The van der Waals surface area contributed by atoms with Crippen LogP contribution < -0.4 is 5.56 Å². The van der Waals surface area contributed by atoms with Gasteiger partial charge in [0.25, 0.3) is 0 Å². The Morgan fingerprint density at radius 2 is 2.47 bits per heavy atom. The van der Waals surface area contributed by atoms with Crippen molar-refractivity contribution in [3.63, 3.8) is 0 Å². The third-order valence-corrected chi connectivity index (χ3v) is 4.03. The number of aromatic amines is 1. The van der Waals surface area contributed by atoms with Crippen LogP contribution in [0.3, 0.4) is 0 Å². The fourth-order valence-corrected chi connectivity index (χ4v) is 3.10. The molecule has 1 fully saturated rings. The molecule has 1 aromatic heterocycles. The highest BCUT2D eigenvalue weighted by molar-refractivity contribution is 5.80. The van der Waals surface area contributed by atoms with E-state index >= 15 is 0 Å². The topological polar surface area (TPSA) is 59.2 Å². The largest absolute Gasteiger partial charge is 0.466 e. The van der Waals surface area contributed by atoms with E-state index in [4.69, 9.17) is 4.74 Å². The van der Waals surface area contributed by atoms with Gasteiger partial charge in [0.05, 0.1) is 12.5 Å². The lowest BCUT2D eigenvalue weighted by Crippen LogP contribution is -2.17. The van der Waals surface area contributed by atoms with E-state index in [9.17, 15) is 9.59 Å². The van der Waals surface area contributed by atoms with Crippen molar-refractivity contribution in [3.05, 3.63) is 33.7 Å². The fourth-order valence-electron chi connectivity index (χ4n) is 3.10. The highest BCUT2D eigenvalue weighted by atomic mass is 16.5. The van der Waals surface area contributed by atoms with Crippen LogP contribution in [-0.4, -0.2) is 17.6 Å². The summed E-state index contributed by atoms with van der Waals surface area (Å²) in [6.07, 6.45) is 4.53. The molecule has 0 amide bonds. The highest BCUT2D eigenvalue weighted by Gasteiger charge is 2.62. The number of H-pyrrole nitrogens is 1. The molecule has 2 aliphatic rings. The van der Waals surface area contributed by atoms with Crippen LogP contribution in [0.4, 0.5) is 0 Å². The molecule has 2 unspecified atom stereocenters. The minimum absolute atomic E-state index is 0.0366. The van der Waals surface area contributed by atoms with E-state index in [-0.39, 0.29) is 22.9 Å². The third kappa shape index (κ3) is 1.43. The molecule has 1 aromatic rings. The van der Waals surface area contributed by atoms with Crippen LogP contribution in [0.25, 0.3) is 0 Å². The van der Waals surface area contributed by atoms with E-state index < -0.39 is 0 Å². The molecule has 0 aromatic carbocycles. The lowest BCUT2D eigenvalue weighted by atomic mass is 9.96. The number of aromatic nitrogens is 1. The molecule has 0 saturated heterocycles. The number of esters is 1. The summed E-state index contributed by atoms with van der Waals surface area (Å²) in [4.78, 5) is 25.8. The molecule has 0 bridgehead atoms. The zero-order valence-corrected chi connectivity index (χ0v) is 9.79. The molecular weight excluding hydrogens is 218 g/mol. The maximum Gasteiger partial charge on any atom is 0.309 e. The number of carbonyl (C=O) groups excluding carboxylic acids is 1. The number of fused-ring (bicyclic) bond motifs is 2. The van der Waals surface area contributed by atoms with Gasteiger partial charge in [-0.1, -0.05) is 0 Å². The number of pyridine rings is 1. The van der Waals surface area contributed by atoms with Crippen molar-refractivity contribution in [1.29, 1.82) is 0 Å². The average molecular weight is 233 g/mol. The van der Waals surface area contributed by atoms with E-state index in [0.717, 1.165) is 24.8 Å². The summed E-state index contributed by atoms with van der Waals surface area (Å²) >= 11 is 0. The fraction of sp³-hybridized carbons (Fsp3) is 0.538. The van der Waals surface area contributed by atoms with E-state index in [1.165, 1.54) is 5.56 Å². The van der Waals surface area contributed by atoms with Gasteiger partial charge >= 0.3 is 5.97 Å². The molecule has 0 radical (unpaired) electrons. The third-order valence-electron chi connectivity index (χ3n) is 4.03. The number of carbonyl (C=O) groups is 1. The molecular formula is C13H15NO3. The number of hydrogen-bond donors (Lipinski definition) is 1. The number of rotatable bonds is 2. The molecule has 17 heavy (non-hydrogen) atoms. The standard InChI is InChI=1S/C13H15NO3/c1-2-17-12(16)10-6-13(10)4-3-8-7-14-11(15)5-9(8)13/h5,7,10H,2-4,6H2,1H3,(H,14,15). The van der Waals surface area contributed by atoms with Crippen molar-refractivity contribution in [1.82, 2.24) is 4.98 Å². The van der Waals surface area contributed by atoms with Crippen LogP contribution in [0, 0.1) is 5.92 Å². The van der Waals surface area contributed by atoms with E-state index in [2.05, 4.69) is 4.98 Å². The second-order valence-corrected chi connectivity index (χ2v) is 4.90. The summed E-state index contributed by atoms with van der Waals surface area (Å²) in [5, 5.41) is 0. The van der Waals surface area contributed by atoms with Gasteiger partial charge < -0.3 is 9.72 Å². The SMILES string of the molecule is CCOC(=O)C1CC12CCc1c[nH]c(=O)cc12. The Kier molecular flexibility index (Phi) is 2.15. The molecule has 4 heteroatoms. The summed E-state index contributed by atoms with van der Waals surface area (Å²) in [7, 11) is 0. The Balaban J connectivity index is 1.93. The Hall–Kier alpha value is -1.58. The molecule has 4 nitrogen and oxygen atoms in total. The molecule has 3 rings (SSSR count). The molecule has 1 spiro atoms. The van der Waals surface area contributed by atoms with Gasteiger partial charge in [0.2, 0.25) is 5.56 Å². The smallest absolute Gasteiger partial charge is 0.309 e. The maximum atomic E-state index is 11.8. The van der Waals surface area contributed by atoms with Crippen LogP contribution in [0.5, 0.6) is 0 Å². The first-order valence-electron chi connectivity index (χ1n) is 6.06. The second kappa shape index (κ2) is 3.45. The van der Waals surface area contributed by atoms with Gasteiger partial charge in [0.15, 0.2) is 0 Å².